The lowest BCUT2D eigenvalue weighted by Crippen LogP contribution is -2.29. The number of hydrogen-bond acceptors (Lipinski definition) is 7. The number of nitrogens with one attached hydrogen (secondary N) is 1. The number of fused-ring (bicyclic) bond motifs is 1. The number of hydrogen-bond donors (Lipinski definition) is 1. The van der Waals surface area contributed by atoms with E-state index in [2.05, 4.69) is 5.32 Å². The van der Waals surface area contributed by atoms with Crippen molar-refractivity contribution in [3.05, 3.63) is 80.6 Å². The predicted molar refractivity (Wildman–Crippen MR) is 161 cm³/mol. The van der Waals surface area contributed by atoms with Crippen molar-refractivity contribution in [2.75, 3.05) is 26.6 Å². The van der Waals surface area contributed by atoms with Crippen LogP contribution in [0.2, 0.25) is 10.0 Å². The molecular formula is C29H29Cl2N3O5S. The van der Waals surface area contributed by atoms with Crippen LogP contribution in [0.5, 0.6) is 17.2 Å². The maximum Gasteiger partial charge on any atom is 0.262 e. The molecule has 210 valence electrons. The Balaban J connectivity index is 1.73. The Morgan fingerprint density at radius 1 is 0.950 bits per heavy atom. The Labute approximate surface area is 246 Å². The van der Waals surface area contributed by atoms with Gasteiger partial charge in [0, 0.05) is 22.7 Å². The minimum Gasteiger partial charge on any atom is -0.495 e. The van der Waals surface area contributed by atoms with Crippen molar-refractivity contribution in [1.82, 2.24) is 9.55 Å². The molecule has 4 rings (SSSR count). The first-order valence-electron chi connectivity index (χ1n) is 12.5. The van der Waals surface area contributed by atoms with Gasteiger partial charge in [0.1, 0.15) is 5.75 Å². The predicted octanol–water partition coefficient (Wildman–Crippen LogP) is 6.48. The molecular weight excluding hydrogens is 573 g/mol. The Kier molecular flexibility index (Phi) is 9.84. The molecule has 0 spiro atoms. The molecule has 1 N–H and O–H groups in total. The molecule has 1 atom stereocenters. The minimum atomic E-state index is -0.560. The molecule has 0 saturated heterocycles. The lowest BCUT2D eigenvalue weighted by Gasteiger charge is -2.19. The molecule has 0 aliphatic rings. The highest BCUT2D eigenvalue weighted by Crippen LogP contribution is 2.33. The summed E-state index contributed by atoms with van der Waals surface area (Å²) < 4.78 is 17.8. The highest BCUT2D eigenvalue weighted by Gasteiger charge is 2.24. The standard InChI is InChI=1S/C29H29Cl2N3O5S/c1-5-26(27(35)32-22-14-19(31)10-11-23(22)37-2)40-29-33-21-16-25(39-4)24(38-3)15-20(21)28(36)34(29)13-12-17-6-8-18(30)9-7-17/h6-11,14-16,26H,5,12-13H2,1-4H3,(H,32,35)/t26-/m0/s1. The maximum atomic E-state index is 13.8. The minimum absolute atomic E-state index is 0.241. The van der Waals surface area contributed by atoms with Crippen LogP contribution in [-0.2, 0) is 17.8 Å². The second kappa shape index (κ2) is 13.3. The molecule has 3 aromatic carbocycles. The summed E-state index contributed by atoms with van der Waals surface area (Å²) in [5, 5.41) is 4.26. The average Bonchev–Trinajstić information content (AvgIpc) is 2.95. The van der Waals surface area contributed by atoms with E-state index < -0.39 is 5.25 Å². The summed E-state index contributed by atoms with van der Waals surface area (Å²) in [6.45, 7) is 2.25. The van der Waals surface area contributed by atoms with Crippen LogP contribution in [0.15, 0.2) is 64.5 Å². The third kappa shape index (κ3) is 6.66. The Bertz CT molecular complexity index is 1580. The van der Waals surface area contributed by atoms with Gasteiger partial charge in [0.15, 0.2) is 16.7 Å². The lowest BCUT2D eigenvalue weighted by atomic mass is 10.1. The zero-order valence-electron chi connectivity index (χ0n) is 22.5. The smallest absolute Gasteiger partial charge is 0.262 e. The number of halogens is 2. The number of carbonyl (C=O) groups is 1. The fourth-order valence-corrected chi connectivity index (χ4v) is 5.49. The highest BCUT2D eigenvalue weighted by atomic mass is 35.5. The summed E-state index contributed by atoms with van der Waals surface area (Å²) in [5.41, 5.74) is 1.67. The van der Waals surface area contributed by atoms with Gasteiger partial charge >= 0.3 is 0 Å². The van der Waals surface area contributed by atoms with Crippen molar-refractivity contribution < 1.29 is 19.0 Å². The average molecular weight is 603 g/mol. The molecule has 0 unspecified atom stereocenters. The lowest BCUT2D eigenvalue weighted by molar-refractivity contribution is -0.115. The van der Waals surface area contributed by atoms with Crippen molar-refractivity contribution >= 4 is 57.5 Å². The van der Waals surface area contributed by atoms with Crippen LogP contribution in [0.3, 0.4) is 0 Å². The fraction of sp³-hybridized carbons (Fsp3) is 0.276. The molecule has 1 heterocycles. The summed E-state index contributed by atoms with van der Waals surface area (Å²) in [4.78, 5) is 32.0. The van der Waals surface area contributed by atoms with Gasteiger partial charge in [-0.3, -0.25) is 14.2 Å². The number of aromatic nitrogens is 2. The number of thioether (sulfide) groups is 1. The first-order chi connectivity index (χ1) is 19.3. The number of benzene rings is 3. The molecule has 4 aromatic rings. The molecule has 0 aliphatic heterocycles. The van der Waals surface area contributed by atoms with Gasteiger partial charge in [-0.1, -0.05) is 54.0 Å². The molecule has 0 bridgehead atoms. The molecule has 1 amide bonds. The van der Waals surface area contributed by atoms with E-state index in [0.717, 1.165) is 5.56 Å². The molecule has 40 heavy (non-hydrogen) atoms. The topological polar surface area (TPSA) is 91.7 Å². The number of anilines is 1. The van der Waals surface area contributed by atoms with Gasteiger partial charge in [0.2, 0.25) is 5.91 Å². The van der Waals surface area contributed by atoms with Gasteiger partial charge in [0.05, 0.1) is 43.2 Å². The van der Waals surface area contributed by atoms with E-state index >= 15 is 0 Å². The van der Waals surface area contributed by atoms with Gasteiger partial charge in [-0.2, -0.15) is 0 Å². The molecule has 0 radical (unpaired) electrons. The number of ether oxygens (including phenoxy) is 3. The number of amides is 1. The molecule has 0 saturated carbocycles. The summed E-state index contributed by atoms with van der Waals surface area (Å²) in [6.07, 6.45) is 1.05. The van der Waals surface area contributed by atoms with Gasteiger partial charge in [-0.05, 0) is 54.8 Å². The summed E-state index contributed by atoms with van der Waals surface area (Å²) in [6, 6.07) is 15.8. The van der Waals surface area contributed by atoms with Crippen LogP contribution in [0.25, 0.3) is 10.9 Å². The van der Waals surface area contributed by atoms with E-state index in [1.807, 2.05) is 31.2 Å². The van der Waals surface area contributed by atoms with Gasteiger partial charge in [0.25, 0.3) is 5.56 Å². The van der Waals surface area contributed by atoms with Crippen molar-refractivity contribution in [1.29, 1.82) is 0 Å². The van der Waals surface area contributed by atoms with Crippen LogP contribution in [0.1, 0.15) is 18.9 Å². The number of rotatable bonds is 11. The van der Waals surface area contributed by atoms with Crippen molar-refractivity contribution in [2.24, 2.45) is 0 Å². The molecule has 0 aliphatic carbocycles. The van der Waals surface area contributed by atoms with Crippen molar-refractivity contribution in [3.63, 3.8) is 0 Å². The monoisotopic (exact) mass is 601 g/mol. The zero-order chi connectivity index (χ0) is 28.8. The molecule has 1 aromatic heterocycles. The van der Waals surface area contributed by atoms with E-state index in [1.54, 1.807) is 34.9 Å². The number of aryl methyl sites for hydroxylation is 1. The Morgan fingerprint density at radius 2 is 1.60 bits per heavy atom. The largest absolute Gasteiger partial charge is 0.495 e. The number of carbonyl (C=O) groups excluding carboxylic acids is 1. The van der Waals surface area contributed by atoms with E-state index in [0.29, 0.717) is 68.4 Å². The quantitative estimate of drug-likeness (QED) is 0.155. The third-order valence-electron chi connectivity index (χ3n) is 6.29. The maximum absolute atomic E-state index is 13.8. The number of methoxy groups -OCH3 is 3. The second-order valence-corrected chi connectivity index (χ2v) is 10.8. The highest BCUT2D eigenvalue weighted by molar-refractivity contribution is 8.00. The zero-order valence-corrected chi connectivity index (χ0v) is 24.8. The van der Waals surface area contributed by atoms with E-state index in [4.69, 9.17) is 42.4 Å². The summed E-state index contributed by atoms with van der Waals surface area (Å²) in [5.74, 6) is 1.11. The second-order valence-electron chi connectivity index (χ2n) is 8.80. The van der Waals surface area contributed by atoms with Crippen LogP contribution in [0, 0.1) is 0 Å². The van der Waals surface area contributed by atoms with Gasteiger partial charge < -0.3 is 19.5 Å². The first kappa shape index (κ1) is 29.6. The van der Waals surface area contributed by atoms with Crippen LogP contribution >= 0.6 is 35.0 Å². The van der Waals surface area contributed by atoms with Crippen molar-refractivity contribution in [3.8, 4) is 17.2 Å². The van der Waals surface area contributed by atoms with Crippen LogP contribution < -0.4 is 25.1 Å². The number of nitrogens with zero attached hydrogens (tertiary/aromatic N) is 2. The van der Waals surface area contributed by atoms with Gasteiger partial charge in [-0.15, -0.1) is 0 Å². The normalized spacial score (nSPS) is 11.8. The van der Waals surface area contributed by atoms with Crippen LogP contribution in [0.4, 0.5) is 5.69 Å². The van der Waals surface area contributed by atoms with Crippen LogP contribution in [-0.4, -0.2) is 42.0 Å². The Hall–Kier alpha value is -3.40. The SMILES string of the molecule is CC[C@H](Sc1nc2cc(OC)c(OC)cc2c(=O)n1CCc1ccc(Cl)cc1)C(=O)Nc1cc(Cl)ccc1OC. The fourth-order valence-electron chi connectivity index (χ4n) is 4.15. The summed E-state index contributed by atoms with van der Waals surface area (Å²) in [7, 11) is 4.56. The van der Waals surface area contributed by atoms with Crippen molar-refractivity contribution in [2.45, 2.75) is 36.7 Å². The summed E-state index contributed by atoms with van der Waals surface area (Å²) >= 11 is 13.4. The van der Waals surface area contributed by atoms with Gasteiger partial charge in [-0.25, -0.2) is 4.98 Å². The first-order valence-corrected chi connectivity index (χ1v) is 14.1. The Morgan fingerprint density at radius 3 is 2.25 bits per heavy atom. The molecule has 0 fully saturated rings. The van der Waals surface area contributed by atoms with E-state index in [9.17, 15) is 9.59 Å². The third-order valence-corrected chi connectivity index (χ3v) is 8.13. The van der Waals surface area contributed by atoms with E-state index in [-0.39, 0.29) is 11.5 Å². The molecule has 11 heteroatoms. The van der Waals surface area contributed by atoms with E-state index in [1.165, 1.54) is 33.1 Å². The molecule has 8 nitrogen and oxygen atoms in total.